The molecular formula is C22H19N3O. The molecule has 2 aromatic heterocycles. The number of aryl methyl sites for hydroxylation is 2. The number of carbonyl (C=O) groups is 1. The first-order valence-corrected chi connectivity index (χ1v) is 8.57. The fraction of sp³-hybridized carbons (Fsp3) is 0.136. The van der Waals surface area contributed by atoms with Crippen LogP contribution in [0.15, 0.2) is 67.0 Å². The van der Waals surface area contributed by atoms with E-state index in [0.717, 1.165) is 27.6 Å². The molecule has 0 aliphatic carbocycles. The molecule has 0 aliphatic heterocycles. The molecule has 0 unspecified atom stereocenters. The van der Waals surface area contributed by atoms with Crippen molar-refractivity contribution in [3.63, 3.8) is 0 Å². The Bertz CT molecular complexity index is 1110. The van der Waals surface area contributed by atoms with Gasteiger partial charge in [0.1, 0.15) is 5.69 Å². The van der Waals surface area contributed by atoms with Gasteiger partial charge in [-0.1, -0.05) is 42.0 Å². The molecule has 0 spiro atoms. The van der Waals surface area contributed by atoms with Crippen LogP contribution in [0.5, 0.6) is 0 Å². The Morgan fingerprint density at radius 3 is 2.69 bits per heavy atom. The van der Waals surface area contributed by atoms with Crippen molar-refractivity contribution in [1.82, 2.24) is 14.8 Å². The summed E-state index contributed by atoms with van der Waals surface area (Å²) in [6.45, 7) is 2.09. The van der Waals surface area contributed by atoms with Crippen LogP contribution < -0.4 is 0 Å². The highest BCUT2D eigenvalue weighted by Gasteiger charge is 2.11. The molecule has 4 aromatic rings. The summed E-state index contributed by atoms with van der Waals surface area (Å²) in [6, 6.07) is 18.3. The summed E-state index contributed by atoms with van der Waals surface area (Å²) >= 11 is 0. The van der Waals surface area contributed by atoms with Crippen LogP contribution in [0.1, 0.15) is 21.6 Å². The summed E-state index contributed by atoms with van der Waals surface area (Å²) in [5, 5.41) is 5.13. The Morgan fingerprint density at radius 2 is 1.92 bits per heavy atom. The number of pyridine rings is 1. The van der Waals surface area contributed by atoms with Crippen molar-refractivity contribution in [1.29, 1.82) is 0 Å². The van der Waals surface area contributed by atoms with Gasteiger partial charge in [0.15, 0.2) is 5.78 Å². The summed E-state index contributed by atoms with van der Waals surface area (Å²) in [7, 11) is 1.78. The summed E-state index contributed by atoms with van der Waals surface area (Å²) in [6.07, 6.45) is 3.88. The van der Waals surface area contributed by atoms with Crippen molar-refractivity contribution >= 4 is 16.7 Å². The van der Waals surface area contributed by atoms with E-state index in [0.29, 0.717) is 12.1 Å². The smallest absolute Gasteiger partial charge is 0.185 e. The van der Waals surface area contributed by atoms with E-state index in [9.17, 15) is 4.79 Å². The highest BCUT2D eigenvalue weighted by molar-refractivity contribution is 5.96. The fourth-order valence-electron chi connectivity index (χ4n) is 3.18. The molecule has 4 nitrogen and oxygen atoms in total. The molecule has 0 fully saturated rings. The van der Waals surface area contributed by atoms with Crippen LogP contribution in [0.25, 0.3) is 22.0 Å². The van der Waals surface area contributed by atoms with Crippen molar-refractivity contribution in [3.05, 3.63) is 83.8 Å². The highest BCUT2D eigenvalue weighted by atomic mass is 16.1. The van der Waals surface area contributed by atoms with E-state index >= 15 is 0 Å². The lowest BCUT2D eigenvalue weighted by Gasteiger charge is -2.07. The molecule has 2 heterocycles. The van der Waals surface area contributed by atoms with Crippen LogP contribution in [0, 0.1) is 6.92 Å². The number of ketones is 1. The first-order chi connectivity index (χ1) is 12.6. The molecule has 4 heteroatoms. The molecule has 0 amide bonds. The predicted octanol–water partition coefficient (Wildman–Crippen LogP) is 4.37. The van der Waals surface area contributed by atoms with Gasteiger partial charge >= 0.3 is 0 Å². The molecule has 128 valence electrons. The van der Waals surface area contributed by atoms with Gasteiger partial charge in [0.05, 0.1) is 5.52 Å². The van der Waals surface area contributed by atoms with E-state index in [1.165, 1.54) is 5.56 Å². The number of hydrogen-bond donors (Lipinski definition) is 0. The molecule has 0 bridgehead atoms. The quantitative estimate of drug-likeness (QED) is 0.518. The zero-order chi connectivity index (χ0) is 18.1. The van der Waals surface area contributed by atoms with E-state index in [1.807, 2.05) is 24.4 Å². The third-order valence-electron chi connectivity index (χ3n) is 4.57. The normalized spacial score (nSPS) is 11.0. The van der Waals surface area contributed by atoms with Gasteiger partial charge in [-0.25, -0.2) is 0 Å². The maximum absolute atomic E-state index is 12.4. The Balaban J connectivity index is 1.63. The van der Waals surface area contributed by atoms with Crippen LogP contribution in [-0.4, -0.2) is 20.5 Å². The number of fused-ring (bicyclic) bond motifs is 1. The lowest BCUT2D eigenvalue weighted by molar-refractivity contribution is 0.0984. The average Bonchev–Trinajstić information content (AvgIpc) is 3.07. The van der Waals surface area contributed by atoms with E-state index in [-0.39, 0.29) is 5.78 Å². The second-order valence-electron chi connectivity index (χ2n) is 6.56. The van der Waals surface area contributed by atoms with Gasteiger partial charge in [-0.05, 0) is 36.2 Å². The Kier molecular flexibility index (Phi) is 4.09. The molecule has 0 atom stereocenters. The zero-order valence-electron chi connectivity index (χ0n) is 14.8. The summed E-state index contributed by atoms with van der Waals surface area (Å²) in [4.78, 5) is 17.0. The number of aromatic nitrogens is 3. The first-order valence-electron chi connectivity index (χ1n) is 8.57. The van der Waals surface area contributed by atoms with Gasteiger partial charge < -0.3 is 0 Å². The molecule has 0 saturated carbocycles. The standard InChI is InChI=1S/C22H19N3O/c1-15-4-3-5-17(10-15)19-13-18-7-6-16(11-20(18)23-14-19)12-22(26)21-8-9-24-25(21)2/h3-11,13-14H,12H2,1-2H3. The van der Waals surface area contributed by atoms with Gasteiger partial charge in [-0.2, -0.15) is 5.10 Å². The Morgan fingerprint density at radius 1 is 1.04 bits per heavy atom. The van der Waals surface area contributed by atoms with Crippen molar-refractivity contribution in [2.75, 3.05) is 0 Å². The van der Waals surface area contributed by atoms with Gasteiger partial charge in [0.2, 0.25) is 0 Å². The monoisotopic (exact) mass is 341 g/mol. The van der Waals surface area contributed by atoms with Gasteiger partial charge in [-0.3, -0.25) is 14.5 Å². The number of nitrogens with zero attached hydrogens (tertiary/aromatic N) is 3. The maximum Gasteiger partial charge on any atom is 0.185 e. The number of rotatable bonds is 4. The third-order valence-corrected chi connectivity index (χ3v) is 4.57. The van der Waals surface area contributed by atoms with Crippen molar-refractivity contribution in [2.45, 2.75) is 13.3 Å². The lowest BCUT2D eigenvalue weighted by atomic mass is 10.0. The minimum Gasteiger partial charge on any atom is -0.292 e. The average molecular weight is 341 g/mol. The fourth-order valence-corrected chi connectivity index (χ4v) is 3.18. The molecule has 0 aliphatic rings. The summed E-state index contributed by atoms with van der Waals surface area (Å²) in [5.74, 6) is 0.0562. The molecule has 4 rings (SSSR count). The van der Waals surface area contributed by atoms with Crippen molar-refractivity contribution in [2.24, 2.45) is 7.05 Å². The van der Waals surface area contributed by atoms with Crippen LogP contribution >= 0.6 is 0 Å². The second-order valence-corrected chi connectivity index (χ2v) is 6.56. The zero-order valence-corrected chi connectivity index (χ0v) is 14.8. The van der Waals surface area contributed by atoms with Gasteiger partial charge in [0.25, 0.3) is 0 Å². The second kappa shape index (κ2) is 6.56. The SMILES string of the molecule is Cc1cccc(-c2cnc3cc(CC(=O)c4ccnn4C)ccc3c2)c1. The third kappa shape index (κ3) is 3.14. The van der Waals surface area contributed by atoms with Crippen LogP contribution in [-0.2, 0) is 13.5 Å². The molecule has 0 radical (unpaired) electrons. The molecule has 0 N–H and O–H groups in total. The maximum atomic E-state index is 12.4. The largest absolute Gasteiger partial charge is 0.292 e. The van der Waals surface area contributed by atoms with Gasteiger partial charge in [-0.15, -0.1) is 0 Å². The number of hydrogen-bond acceptors (Lipinski definition) is 3. The Labute approximate surface area is 152 Å². The summed E-state index contributed by atoms with van der Waals surface area (Å²) in [5.41, 5.74) is 5.96. The van der Waals surface area contributed by atoms with Gasteiger partial charge in [0, 0.05) is 36.8 Å². The molecule has 0 saturated heterocycles. The number of carbonyl (C=O) groups excluding carboxylic acids is 1. The Hall–Kier alpha value is -3.27. The van der Waals surface area contributed by atoms with Crippen molar-refractivity contribution in [3.8, 4) is 11.1 Å². The highest BCUT2D eigenvalue weighted by Crippen LogP contribution is 2.24. The number of benzene rings is 2. The van der Waals surface area contributed by atoms with Crippen LogP contribution in [0.2, 0.25) is 0 Å². The van der Waals surface area contributed by atoms with Crippen LogP contribution in [0.4, 0.5) is 0 Å². The topological polar surface area (TPSA) is 47.8 Å². The molecule has 2 aromatic carbocycles. The summed E-state index contributed by atoms with van der Waals surface area (Å²) < 4.78 is 1.61. The first kappa shape index (κ1) is 16.2. The predicted molar refractivity (Wildman–Crippen MR) is 103 cm³/mol. The van der Waals surface area contributed by atoms with Crippen LogP contribution in [0.3, 0.4) is 0 Å². The number of Topliss-reactive ketones (excluding diaryl/α,β-unsaturated/α-hetero) is 1. The minimum absolute atomic E-state index is 0.0562. The van der Waals surface area contributed by atoms with E-state index in [1.54, 1.807) is 24.0 Å². The van der Waals surface area contributed by atoms with E-state index in [2.05, 4.69) is 47.3 Å². The van der Waals surface area contributed by atoms with E-state index < -0.39 is 0 Å². The lowest BCUT2D eigenvalue weighted by Crippen LogP contribution is -2.09. The molecular weight excluding hydrogens is 322 g/mol. The van der Waals surface area contributed by atoms with E-state index in [4.69, 9.17) is 0 Å². The molecule has 26 heavy (non-hydrogen) atoms. The minimum atomic E-state index is 0.0562. The van der Waals surface area contributed by atoms with Crippen molar-refractivity contribution < 1.29 is 4.79 Å².